The summed E-state index contributed by atoms with van der Waals surface area (Å²) in [4.78, 5) is 4.86. The van der Waals surface area contributed by atoms with Crippen LogP contribution in [0.5, 0.6) is 0 Å². The number of thioether (sulfide) groups is 1. The minimum atomic E-state index is 0.296. The molecule has 1 saturated heterocycles. The first kappa shape index (κ1) is 15.2. The van der Waals surface area contributed by atoms with E-state index in [4.69, 9.17) is 4.99 Å². The van der Waals surface area contributed by atoms with Crippen molar-refractivity contribution in [1.82, 2.24) is 5.32 Å². The fourth-order valence-electron chi connectivity index (χ4n) is 2.95. The van der Waals surface area contributed by atoms with Gasteiger partial charge in [-0.3, -0.25) is 4.99 Å². The van der Waals surface area contributed by atoms with Crippen LogP contribution in [-0.2, 0) is 0 Å². The van der Waals surface area contributed by atoms with Gasteiger partial charge in [0.2, 0.25) is 0 Å². The lowest BCUT2D eigenvalue weighted by Gasteiger charge is -2.36. The highest BCUT2D eigenvalue weighted by atomic mass is 32.2. The zero-order valence-corrected chi connectivity index (χ0v) is 14.1. The summed E-state index contributed by atoms with van der Waals surface area (Å²) < 4.78 is 0. The predicted molar refractivity (Wildman–Crippen MR) is 86.9 cm³/mol. The summed E-state index contributed by atoms with van der Waals surface area (Å²) in [5, 5.41) is 4.96. The van der Waals surface area contributed by atoms with Gasteiger partial charge in [-0.2, -0.15) is 0 Å². The van der Waals surface area contributed by atoms with Gasteiger partial charge in [0.15, 0.2) is 5.17 Å². The van der Waals surface area contributed by atoms with Gasteiger partial charge in [-0.15, -0.1) is 0 Å². The predicted octanol–water partition coefficient (Wildman–Crippen LogP) is 4.31. The van der Waals surface area contributed by atoms with Crippen LogP contribution in [0, 0.1) is 17.3 Å². The summed E-state index contributed by atoms with van der Waals surface area (Å²) in [6.45, 7) is 12.6. The molecule has 0 aromatic rings. The van der Waals surface area contributed by atoms with E-state index in [0.29, 0.717) is 16.9 Å². The van der Waals surface area contributed by atoms with Crippen LogP contribution in [0.1, 0.15) is 60.3 Å². The molecule has 1 aliphatic heterocycles. The molecular weight excluding hydrogens is 252 g/mol. The summed E-state index contributed by atoms with van der Waals surface area (Å²) in [7, 11) is 0. The zero-order chi connectivity index (χ0) is 14.1. The number of hydrogen-bond acceptors (Lipinski definition) is 2. The summed E-state index contributed by atoms with van der Waals surface area (Å²) in [5.41, 5.74) is 0.661. The molecule has 2 atom stereocenters. The van der Waals surface area contributed by atoms with E-state index in [9.17, 15) is 0 Å². The standard InChI is InChI=1S/C16H30N2S/c1-12(2)15(4,5)10-17-14-18-16(11-19-14)8-6-7-13(3)9-16/h12-13H,6-11H2,1-5H3,(H,17,18). The van der Waals surface area contributed by atoms with Crippen LogP contribution >= 0.6 is 11.8 Å². The molecule has 2 rings (SSSR count). The van der Waals surface area contributed by atoms with Crippen molar-refractivity contribution in [2.45, 2.75) is 65.8 Å². The lowest BCUT2D eigenvalue weighted by atomic mass is 9.78. The molecule has 2 fully saturated rings. The van der Waals surface area contributed by atoms with Crippen LogP contribution in [0.4, 0.5) is 0 Å². The van der Waals surface area contributed by atoms with Crippen molar-refractivity contribution in [2.75, 3.05) is 12.3 Å². The lowest BCUT2D eigenvalue weighted by Crippen LogP contribution is -2.47. The van der Waals surface area contributed by atoms with Gasteiger partial charge in [0.1, 0.15) is 0 Å². The normalized spacial score (nSPS) is 34.2. The van der Waals surface area contributed by atoms with E-state index in [-0.39, 0.29) is 0 Å². The molecular formula is C16H30N2S. The average Bonchev–Trinajstić information content (AvgIpc) is 2.69. The maximum absolute atomic E-state index is 4.86. The smallest absolute Gasteiger partial charge is 0.157 e. The van der Waals surface area contributed by atoms with E-state index in [1.54, 1.807) is 0 Å². The maximum Gasteiger partial charge on any atom is 0.157 e. The molecule has 1 N–H and O–H groups in total. The Bertz CT molecular complexity index is 349. The van der Waals surface area contributed by atoms with Crippen molar-refractivity contribution in [3.05, 3.63) is 0 Å². The van der Waals surface area contributed by atoms with Crippen LogP contribution in [0.25, 0.3) is 0 Å². The molecule has 3 heteroatoms. The maximum atomic E-state index is 4.86. The zero-order valence-electron chi connectivity index (χ0n) is 13.3. The van der Waals surface area contributed by atoms with Gasteiger partial charge in [-0.25, -0.2) is 0 Å². The number of nitrogens with zero attached hydrogens (tertiary/aromatic N) is 1. The van der Waals surface area contributed by atoms with Crippen molar-refractivity contribution < 1.29 is 0 Å². The monoisotopic (exact) mass is 282 g/mol. The Hall–Kier alpha value is -0.180. The molecule has 0 amide bonds. The molecule has 0 bridgehead atoms. The van der Waals surface area contributed by atoms with Gasteiger partial charge in [0.25, 0.3) is 0 Å². The summed E-state index contributed by atoms with van der Waals surface area (Å²) in [6.07, 6.45) is 5.43. The van der Waals surface area contributed by atoms with Gasteiger partial charge >= 0.3 is 0 Å². The molecule has 19 heavy (non-hydrogen) atoms. The minimum Gasteiger partial charge on any atom is -0.359 e. The quantitative estimate of drug-likeness (QED) is 0.834. The SMILES string of the molecule is CC1CCCC2(CSC(=NCC(C)(C)C(C)C)N2)C1. The highest BCUT2D eigenvalue weighted by molar-refractivity contribution is 8.14. The van der Waals surface area contributed by atoms with Gasteiger partial charge in [-0.1, -0.05) is 59.2 Å². The number of nitrogens with one attached hydrogen (secondary N) is 1. The summed E-state index contributed by atoms with van der Waals surface area (Å²) in [6, 6.07) is 0. The molecule has 2 unspecified atom stereocenters. The van der Waals surface area contributed by atoms with E-state index in [1.807, 2.05) is 11.8 Å². The number of aliphatic imine (C=N–C) groups is 1. The molecule has 0 aromatic carbocycles. The Balaban J connectivity index is 1.94. The van der Waals surface area contributed by atoms with E-state index in [2.05, 4.69) is 39.9 Å². The molecule has 2 nitrogen and oxygen atoms in total. The second-order valence-corrected chi connectivity index (χ2v) is 8.62. The Kier molecular flexibility index (Phi) is 4.54. The first-order valence-corrected chi connectivity index (χ1v) is 8.77. The summed E-state index contributed by atoms with van der Waals surface area (Å²) >= 11 is 1.94. The number of amidine groups is 1. The van der Waals surface area contributed by atoms with Gasteiger partial charge in [0.05, 0.1) is 0 Å². The third kappa shape index (κ3) is 3.68. The number of rotatable bonds is 3. The molecule has 110 valence electrons. The van der Waals surface area contributed by atoms with E-state index >= 15 is 0 Å². The molecule has 1 heterocycles. The second-order valence-electron chi connectivity index (χ2n) is 7.66. The van der Waals surface area contributed by atoms with Crippen molar-refractivity contribution in [3.63, 3.8) is 0 Å². The third-order valence-electron chi connectivity index (χ3n) is 5.14. The van der Waals surface area contributed by atoms with Crippen LogP contribution in [0.15, 0.2) is 4.99 Å². The van der Waals surface area contributed by atoms with Crippen molar-refractivity contribution in [1.29, 1.82) is 0 Å². The number of hydrogen-bond donors (Lipinski definition) is 1. The fourth-order valence-corrected chi connectivity index (χ4v) is 4.15. The van der Waals surface area contributed by atoms with Gasteiger partial charge in [-0.05, 0) is 30.1 Å². The Morgan fingerprint density at radius 2 is 2.21 bits per heavy atom. The first-order chi connectivity index (χ1) is 8.83. The van der Waals surface area contributed by atoms with E-state index in [0.717, 1.165) is 12.5 Å². The molecule has 0 radical (unpaired) electrons. The van der Waals surface area contributed by atoms with Gasteiger partial charge < -0.3 is 5.32 Å². The van der Waals surface area contributed by atoms with Crippen molar-refractivity contribution >= 4 is 16.9 Å². The van der Waals surface area contributed by atoms with Gasteiger partial charge in [0, 0.05) is 17.8 Å². The van der Waals surface area contributed by atoms with Crippen LogP contribution in [0.2, 0.25) is 0 Å². The highest BCUT2D eigenvalue weighted by Crippen LogP contribution is 2.39. The third-order valence-corrected chi connectivity index (χ3v) is 6.34. The van der Waals surface area contributed by atoms with Crippen LogP contribution < -0.4 is 5.32 Å². The topological polar surface area (TPSA) is 24.4 Å². The van der Waals surface area contributed by atoms with Crippen molar-refractivity contribution in [2.24, 2.45) is 22.2 Å². The Morgan fingerprint density at radius 1 is 1.47 bits per heavy atom. The Labute approximate surface area is 123 Å². The first-order valence-electron chi connectivity index (χ1n) is 7.78. The molecule has 2 aliphatic rings. The molecule has 1 spiro atoms. The Morgan fingerprint density at radius 3 is 2.84 bits per heavy atom. The lowest BCUT2D eigenvalue weighted by molar-refractivity contribution is 0.241. The second kappa shape index (κ2) is 5.67. The van der Waals surface area contributed by atoms with E-state index < -0.39 is 0 Å². The molecule has 1 saturated carbocycles. The molecule has 0 aromatic heterocycles. The minimum absolute atomic E-state index is 0.296. The van der Waals surface area contributed by atoms with E-state index in [1.165, 1.54) is 36.6 Å². The summed E-state index contributed by atoms with van der Waals surface area (Å²) in [5.74, 6) is 2.76. The van der Waals surface area contributed by atoms with Crippen molar-refractivity contribution in [3.8, 4) is 0 Å². The highest BCUT2D eigenvalue weighted by Gasteiger charge is 2.40. The van der Waals surface area contributed by atoms with Crippen LogP contribution in [-0.4, -0.2) is 23.0 Å². The average molecular weight is 282 g/mol. The largest absolute Gasteiger partial charge is 0.359 e. The molecule has 1 aliphatic carbocycles. The van der Waals surface area contributed by atoms with Crippen LogP contribution in [0.3, 0.4) is 0 Å². The fraction of sp³-hybridized carbons (Fsp3) is 0.938.